The predicted octanol–water partition coefficient (Wildman–Crippen LogP) is 3.44. The van der Waals surface area contributed by atoms with Gasteiger partial charge in [0.15, 0.2) is 12.9 Å². The van der Waals surface area contributed by atoms with Gasteiger partial charge in [0.2, 0.25) is 5.82 Å². The van der Waals surface area contributed by atoms with Crippen molar-refractivity contribution in [1.82, 2.24) is 10.1 Å². The maximum atomic E-state index is 10.9. The first kappa shape index (κ1) is 14.0. The van der Waals surface area contributed by atoms with E-state index in [1.807, 2.05) is 31.2 Å². The third-order valence-electron chi connectivity index (χ3n) is 3.17. The van der Waals surface area contributed by atoms with Crippen LogP contribution in [0.4, 0.5) is 0 Å². The van der Waals surface area contributed by atoms with Crippen LogP contribution < -0.4 is 4.74 Å². The molecular weight excluding hydrogens is 280 g/mol. The standard InChI is InChI=1S/C17H14N2O3/c1-12-6-8-13(9-7-12)17-18-16(19-22-17)11-21-15-5-3-2-4-14(15)10-20/h2-10H,11H2,1H3. The van der Waals surface area contributed by atoms with Crippen LogP contribution in [0.5, 0.6) is 5.75 Å². The molecule has 0 radical (unpaired) electrons. The van der Waals surface area contributed by atoms with Crippen molar-refractivity contribution in [1.29, 1.82) is 0 Å². The predicted molar refractivity (Wildman–Crippen MR) is 80.6 cm³/mol. The third-order valence-corrected chi connectivity index (χ3v) is 3.17. The topological polar surface area (TPSA) is 65.2 Å². The molecule has 2 aromatic carbocycles. The van der Waals surface area contributed by atoms with E-state index < -0.39 is 0 Å². The Kier molecular flexibility index (Phi) is 3.96. The molecule has 0 amide bonds. The molecule has 0 fully saturated rings. The highest BCUT2D eigenvalue weighted by Gasteiger charge is 2.10. The number of hydrogen-bond acceptors (Lipinski definition) is 5. The number of rotatable bonds is 5. The summed E-state index contributed by atoms with van der Waals surface area (Å²) in [5.74, 6) is 1.37. The van der Waals surface area contributed by atoms with E-state index in [1.54, 1.807) is 24.3 Å². The van der Waals surface area contributed by atoms with E-state index >= 15 is 0 Å². The van der Waals surface area contributed by atoms with Gasteiger partial charge in [-0.3, -0.25) is 4.79 Å². The van der Waals surface area contributed by atoms with Gasteiger partial charge in [0.25, 0.3) is 5.89 Å². The summed E-state index contributed by atoms with van der Waals surface area (Å²) in [6.07, 6.45) is 0.753. The second-order valence-corrected chi connectivity index (χ2v) is 4.83. The minimum Gasteiger partial charge on any atom is -0.485 e. The van der Waals surface area contributed by atoms with Gasteiger partial charge in [-0.25, -0.2) is 0 Å². The summed E-state index contributed by atoms with van der Waals surface area (Å²) in [6, 6.07) is 14.8. The van der Waals surface area contributed by atoms with Gasteiger partial charge in [-0.2, -0.15) is 4.98 Å². The van der Waals surface area contributed by atoms with Crippen molar-refractivity contribution in [3.63, 3.8) is 0 Å². The van der Waals surface area contributed by atoms with Gasteiger partial charge < -0.3 is 9.26 Å². The van der Waals surface area contributed by atoms with Crippen LogP contribution in [0, 0.1) is 6.92 Å². The second-order valence-electron chi connectivity index (χ2n) is 4.83. The van der Waals surface area contributed by atoms with Crippen LogP contribution in [0.3, 0.4) is 0 Å². The maximum Gasteiger partial charge on any atom is 0.258 e. The molecule has 110 valence electrons. The van der Waals surface area contributed by atoms with Crippen LogP contribution in [0.2, 0.25) is 0 Å². The fraction of sp³-hybridized carbons (Fsp3) is 0.118. The fourth-order valence-corrected chi connectivity index (χ4v) is 1.98. The summed E-state index contributed by atoms with van der Waals surface area (Å²) >= 11 is 0. The zero-order valence-corrected chi connectivity index (χ0v) is 12.0. The molecule has 0 N–H and O–H groups in total. The molecule has 5 heteroatoms. The number of aryl methyl sites for hydroxylation is 1. The number of hydrogen-bond donors (Lipinski definition) is 0. The molecule has 0 aliphatic carbocycles. The fourth-order valence-electron chi connectivity index (χ4n) is 1.98. The Bertz CT molecular complexity index is 779. The zero-order chi connectivity index (χ0) is 15.4. The normalized spacial score (nSPS) is 10.4. The molecule has 0 spiro atoms. The van der Waals surface area contributed by atoms with E-state index in [-0.39, 0.29) is 6.61 Å². The molecule has 0 aliphatic heterocycles. The SMILES string of the molecule is Cc1ccc(-c2nc(COc3ccccc3C=O)no2)cc1. The third kappa shape index (κ3) is 3.03. The monoisotopic (exact) mass is 294 g/mol. The van der Waals surface area contributed by atoms with Crippen molar-refractivity contribution < 1.29 is 14.1 Å². The van der Waals surface area contributed by atoms with Gasteiger partial charge in [0.05, 0.1) is 5.56 Å². The number of ether oxygens (including phenoxy) is 1. The Labute approximate surface area is 127 Å². The van der Waals surface area contributed by atoms with Crippen LogP contribution in [0.1, 0.15) is 21.7 Å². The lowest BCUT2D eigenvalue weighted by Crippen LogP contribution is -1.99. The molecule has 0 unspecified atom stereocenters. The van der Waals surface area contributed by atoms with Crippen molar-refractivity contribution in [3.05, 3.63) is 65.5 Å². The maximum absolute atomic E-state index is 10.9. The van der Waals surface area contributed by atoms with E-state index in [0.717, 1.165) is 17.4 Å². The number of carbonyl (C=O) groups is 1. The summed E-state index contributed by atoms with van der Waals surface area (Å²) < 4.78 is 10.8. The minimum atomic E-state index is 0.139. The highest BCUT2D eigenvalue weighted by molar-refractivity contribution is 5.79. The Morgan fingerprint density at radius 2 is 1.91 bits per heavy atom. The Morgan fingerprint density at radius 3 is 2.68 bits per heavy atom. The molecule has 3 aromatic rings. The molecule has 0 saturated heterocycles. The molecular formula is C17H14N2O3. The minimum absolute atomic E-state index is 0.139. The molecule has 22 heavy (non-hydrogen) atoms. The Morgan fingerprint density at radius 1 is 1.14 bits per heavy atom. The summed E-state index contributed by atoms with van der Waals surface area (Å²) in [6.45, 7) is 2.15. The van der Waals surface area contributed by atoms with Gasteiger partial charge in [-0.1, -0.05) is 35.0 Å². The van der Waals surface area contributed by atoms with E-state index in [4.69, 9.17) is 9.26 Å². The van der Waals surface area contributed by atoms with Crippen molar-refractivity contribution in [2.24, 2.45) is 0 Å². The number of benzene rings is 2. The smallest absolute Gasteiger partial charge is 0.258 e. The first-order valence-electron chi connectivity index (χ1n) is 6.83. The van der Waals surface area contributed by atoms with Gasteiger partial charge in [-0.15, -0.1) is 0 Å². The second kappa shape index (κ2) is 6.22. The molecule has 0 aliphatic rings. The van der Waals surface area contributed by atoms with Crippen molar-refractivity contribution >= 4 is 6.29 Å². The highest BCUT2D eigenvalue weighted by Crippen LogP contribution is 2.19. The van der Waals surface area contributed by atoms with Crippen LogP contribution in [-0.4, -0.2) is 16.4 Å². The number of carbonyl (C=O) groups excluding carboxylic acids is 1. The van der Waals surface area contributed by atoms with E-state index in [1.165, 1.54) is 0 Å². The molecule has 0 atom stereocenters. The van der Waals surface area contributed by atoms with Gasteiger partial charge in [-0.05, 0) is 31.2 Å². The van der Waals surface area contributed by atoms with Crippen LogP contribution in [0.15, 0.2) is 53.1 Å². The van der Waals surface area contributed by atoms with Crippen LogP contribution in [0.25, 0.3) is 11.5 Å². The quantitative estimate of drug-likeness (QED) is 0.674. The molecule has 5 nitrogen and oxygen atoms in total. The Hall–Kier alpha value is -2.95. The van der Waals surface area contributed by atoms with Gasteiger partial charge in [0, 0.05) is 5.56 Å². The van der Waals surface area contributed by atoms with Crippen molar-refractivity contribution in [2.75, 3.05) is 0 Å². The lowest BCUT2D eigenvalue weighted by atomic mass is 10.1. The molecule has 0 bridgehead atoms. The number of aldehydes is 1. The zero-order valence-electron chi connectivity index (χ0n) is 12.0. The van der Waals surface area contributed by atoms with E-state index in [2.05, 4.69) is 10.1 Å². The number of nitrogens with zero attached hydrogens (tertiary/aromatic N) is 2. The number of para-hydroxylation sites is 1. The summed E-state index contributed by atoms with van der Waals surface area (Å²) in [7, 11) is 0. The molecule has 1 heterocycles. The lowest BCUT2D eigenvalue weighted by molar-refractivity contribution is 0.111. The largest absolute Gasteiger partial charge is 0.485 e. The van der Waals surface area contributed by atoms with Gasteiger partial charge in [0.1, 0.15) is 5.75 Å². The molecule has 1 aromatic heterocycles. The van der Waals surface area contributed by atoms with Crippen molar-refractivity contribution in [2.45, 2.75) is 13.5 Å². The van der Waals surface area contributed by atoms with E-state index in [0.29, 0.717) is 23.0 Å². The first-order chi connectivity index (χ1) is 10.8. The Balaban J connectivity index is 1.72. The van der Waals surface area contributed by atoms with E-state index in [9.17, 15) is 4.79 Å². The lowest BCUT2D eigenvalue weighted by Gasteiger charge is -2.04. The average Bonchev–Trinajstić information content (AvgIpc) is 3.03. The molecule has 3 rings (SSSR count). The van der Waals surface area contributed by atoms with Crippen LogP contribution in [-0.2, 0) is 6.61 Å². The van der Waals surface area contributed by atoms with Gasteiger partial charge >= 0.3 is 0 Å². The average molecular weight is 294 g/mol. The summed E-state index contributed by atoms with van der Waals surface area (Å²) in [4.78, 5) is 15.2. The van der Waals surface area contributed by atoms with Crippen LogP contribution >= 0.6 is 0 Å². The highest BCUT2D eigenvalue weighted by atomic mass is 16.5. The first-order valence-corrected chi connectivity index (χ1v) is 6.83. The van der Waals surface area contributed by atoms with Crippen molar-refractivity contribution in [3.8, 4) is 17.2 Å². The number of aromatic nitrogens is 2. The molecule has 0 saturated carbocycles. The summed E-state index contributed by atoms with van der Waals surface area (Å²) in [5.41, 5.74) is 2.51. The summed E-state index contributed by atoms with van der Waals surface area (Å²) in [5, 5.41) is 3.89.